The first-order valence-corrected chi connectivity index (χ1v) is 7.26. The Hall–Kier alpha value is -1.79. The van der Waals surface area contributed by atoms with Crippen molar-refractivity contribution in [3.8, 4) is 0 Å². The fraction of sp³-hybridized carbons (Fsp3) is 0.467. The Morgan fingerprint density at radius 2 is 2.18 bits per heavy atom. The molecule has 1 aliphatic heterocycles. The van der Waals surface area contributed by atoms with Crippen LogP contribution < -0.4 is 21.7 Å². The molecule has 0 spiro atoms. The van der Waals surface area contributed by atoms with Crippen LogP contribution in [0.25, 0.3) is 0 Å². The van der Waals surface area contributed by atoms with E-state index in [9.17, 15) is 9.59 Å². The number of nitrogens with one attached hydrogen (secondary N) is 3. The summed E-state index contributed by atoms with van der Waals surface area (Å²) in [5, 5.41) is 8.71. The van der Waals surface area contributed by atoms with Gasteiger partial charge in [0.05, 0.1) is 0 Å². The molecule has 1 aromatic carbocycles. The van der Waals surface area contributed by atoms with Crippen LogP contribution in [0.1, 0.15) is 24.8 Å². The number of nitrogens with two attached hydrogens (primary N) is 1. The fourth-order valence-corrected chi connectivity index (χ4v) is 2.49. The molecular weight excluding hydrogens is 304 g/mol. The van der Waals surface area contributed by atoms with Gasteiger partial charge < -0.3 is 21.7 Å². The molecule has 6 nitrogen and oxygen atoms in total. The lowest BCUT2D eigenvalue weighted by Gasteiger charge is -2.09. The predicted octanol–water partition coefficient (Wildman–Crippen LogP) is 1.60. The van der Waals surface area contributed by atoms with Crippen molar-refractivity contribution in [1.29, 1.82) is 0 Å². The second kappa shape index (κ2) is 9.27. The summed E-state index contributed by atoms with van der Waals surface area (Å²) in [5.74, 6) is 0.689. The number of primary amides is 1. The summed E-state index contributed by atoms with van der Waals surface area (Å²) in [6.45, 7) is 2.54. The number of hydrogen-bond donors (Lipinski definition) is 4. The van der Waals surface area contributed by atoms with Crippen molar-refractivity contribution in [2.75, 3.05) is 18.4 Å². The standard InChI is InChI=1S/C15H22N4O2.ClH/c16-15(21)19-13-3-1-2-12(8-13)10-18-14(20)5-4-11-6-7-17-9-11;/h1-3,8,11,17H,4-7,9-10H2,(H,18,20)(H3,16,19,21);1H. The molecule has 1 aliphatic rings. The molecule has 122 valence electrons. The van der Waals surface area contributed by atoms with E-state index < -0.39 is 6.03 Å². The van der Waals surface area contributed by atoms with Crippen LogP contribution in [-0.2, 0) is 11.3 Å². The molecule has 1 atom stereocenters. The summed E-state index contributed by atoms with van der Waals surface area (Å²) in [5.41, 5.74) is 6.63. The minimum atomic E-state index is -0.596. The van der Waals surface area contributed by atoms with Gasteiger partial charge in [0.25, 0.3) is 0 Å². The smallest absolute Gasteiger partial charge is 0.316 e. The minimum Gasteiger partial charge on any atom is -0.352 e. The first-order chi connectivity index (χ1) is 10.1. The molecule has 0 aromatic heterocycles. The molecule has 3 amide bonds. The molecule has 1 unspecified atom stereocenters. The van der Waals surface area contributed by atoms with Crippen molar-refractivity contribution >= 4 is 30.0 Å². The third-order valence-corrected chi connectivity index (χ3v) is 3.63. The summed E-state index contributed by atoms with van der Waals surface area (Å²) in [7, 11) is 0. The highest BCUT2D eigenvalue weighted by Crippen LogP contribution is 2.14. The van der Waals surface area contributed by atoms with Gasteiger partial charge in [-0.2, -0.15) is 0 Å². The Labute approximate surface area is 136 Å². The van der Waals surface area contributed by atoms with Gasteiger partial charge in [0.2, 0.25) is 5.91 Å². The van der Waals surface area contributed by atoms with E-state index in [4.69, 9.17) is 5.73 Å². The van der Waals surface area contributed by atoms with Crippen LogP contribution in [-0.4, -0.2) is 25.0 Å². The van der Waals surface area contributed by atoms with E-state index in [1.807, 2.05) is 12.1 Å². The van der Waals surface area contributed by atoms with E-state index >= 15 is 0 Å². The van der Waals surface area contributed by atoms with Gasteiger partial charge >= 0.3 is 6.03 Å². The maximum absolute atomic E-state index is 11.8. The van der Waals surface area contributed by atoms with E-state index in [-0.39, 0.29) is 18.3 Å². The molecule has 1 aromatic rings. The van der Waals surface area contributed by atoms with Crippen molar-refractivity contribution in [2.24, 2.45) is 11.7 Å². The summed E-state index contributed by atoms with van der Waals surface area (Å²) < 4.78 is 0. The quantitative estimate of drug-likeness (QED) is 0.639. The lowest BCUT2D eigenvalue weighted by atomic mass is 10.0. The van der Waals surface area contributed by atoms with E-state index in [0.717, 1.165) is 31.5 Å². The van der Waals surface area contributed by atoms with Gasteiger partial charge in [0.1, 0.15) is 0 Å². The van der Waals surface area contributed by atoms with Gasteiger partial charge in [-0.15, -0.1) is 12.4 Å². The van der Waals surface area contributed by atoms with Crippen LogP contribution in [0.4, 0.5) is 10.5 Å². The fourth-order valence-electron chi connectivity index (χ4n) is 2.49. The Morgan fingerprint density at radius 1 is 1.36 bits per heavy atom. The van der Waals surface area contributed by atoms with Crippen molar-refractivity contribution in [1.82, 2.24) is 10.6 Å². The monoisotopic (exact) mass is 326 g/mol. The summed E-state index contributed by atoms with van der Waals surface area (Å²) in [6.07, 6.45) is 2.65. The highest BCUT2D eigenvalue weighted by molar-refractivity contribution is 5.87. The van der Waals surface area contributed by atoms with Crippen molar-refractivity contribution in [3.05, 3.63) is 29.8 Å². The molecule has 1 heterocycles. The van der Waals surface area contributed by atoms with Crippen LogP contribution in [0.5, 0.6) is 0 Å². The van der Waals surface area contributed by atoms with Crippen molar-refractivity contribution < 1.29 is 9.59 Å². The zero-order chi connectivity index (χ0) is 15.1. The van der Waals surface area contributed by atoms with E-state index in [1.54, 1.807) is 12.1 Å². The number of carbonyl (C=O) groups excluding carboxylic acids is 2. The largest absolute Gasteiger partial charge is 0.352 e. The third-order valence-electron chi connectivity index (χ3n) is 3.63. The van der Waals surface area contributed by atoms with E-state index in [2.05, 4.69) is 16.0 Å². The molecule has 5 N–H and O–H groups in total. The number of rotatable bonds is 6. The molecular formula is C15H23ClN4O2. The molecule has 0 bridgehead atoms. The van der Waals surface area contributed by atoms with Crippen LogP contribution in [0, 0.1) is 5.92 Å². The summed E-state index contributed by atoms with van der Waals surface area (Å²) in [6, 6.07) is 6.67. The second-order valence-electron chi connectivity index (χ2n) is 5.36. The van der Waals surface area contributed by atoms with Crippen LogP contribution >= 0.6 is 12.4 Å². The Kier molecular flexibility index (Phi) is 7.70. The van der Waals surface area contributed by atoms with Crippen LogP contribution in [0.15, 0.2) is 24.3 Å². The van der Waals surface area contributed by atoms with Crippen LogP contribution in [0.3, 0.4) is 0 Å². The summed E-state index contributed by atoms with van der Waals surface area (Å²) in [4.78, 5) is 22.6. The van der Waals surface area contributed by atoms with Crippen LogP contribution in [0.2, 0.25) is 0 Å². The third kappa shape index (κ3) is 6.32. The van der Waals surface area contributed by atoms with Gasteiger partial charge in [-0.1, -0.05) is 12.1 Å². The number of halogens is 1. The SMILES string of the molecule is Cl.NC(=O)Nc1cccc(CNC(=O)CCC2CCNC2)c1. The molecule has 0 saturated carbocycles. The molecule has 7 heteroatoms. The lowest BCUT2D eigenvalue weighted by molar-refractivity contribution is -0.121. The van der Waals surface area contributed by atoms with Crippen molar-refractivity contribution in [3.63, 3.8) is 0 Å². The number of carbonyl (C=O) groups is 2. The van der Waals surface area contributed by atoms with E-state index in [0.29, 0.717) is 24.6 Å². The zero-order valence-corrected chi connectivity index (χ0v) is 13.2. The average molecular weight is 327 g/mol. The Balaban J connectivity index is 0.00000242. The number of anilines is 1. The van der Waals surface area contributed by atoms with E-state index in [1.165, 1.54) is 0 Å². The maximum Gasteiger partial charge on any atom is 0.316 e. The number of amides is 3. The second-order valence-corrected chi connectivity index (χ2v) is 5.36. The van der Waals surface area contributed by atoms with Gasteiger partial charge in [-0.3, -0.25) is 4.79 Å². The highest BCUT2D eigenvalue weighted by atomic mass is 35.5. The highest BCUT2D eigenvalue weighted by Gasteiger charge is 2.15. The van der Waals surface area contributed by atoms with Gasteiger partial charge in [0.15, 0.2) is 0 Å². The molecule has 22 heavy (non-hydrogen) atoms. The molecule has 2 rings (SSSR count). The normalized spacial score (nSPS) is 16.6. The first-order valence-electron chi connectivity index (χ1n) is 7.26. The Bertz CT molecular complexity index is 504. The van der Waals surface area contributed by atoms with Crippen molar-refractivity contribution in [2.45, 2.75) is 25.8 Å². The lowest BCUT2D eigenvalue weighted by Crippen LogP contribution is -2.24. The molecule has 0 radical (unpaired) electrons. The topological polar surface area (TPSA) is 96.2 Å². The number of benzene rings is 1. The van der Waals surface area contributed by atoms with Gasteiger partial charge in [-0.25, -0.2) is 4.79 Å². The predicted molar refractivity (Wildman–Crippen MR) is 89.0 cm³/mol. The Morgan fingerprint density at radius 3 is 2.86 bits per heavy atom. The minimum absolute atomic E-state index is 0. The number of hydrogen-bond acceptors (Lipinski definition) is 3. The average Bonchev–Trinajstić information content (AvgIpc) is 2.96. The summed E-state index contributed by atoms with van der Waals surface area (Å²) >= 11 is 0. The maximum atomic E-state index is 11.8. The molecule has 1 fully saturated rings. The molecule has 0 aliphatic carbocycles. The zero-order valence-electron chi connectivity index (χ0n) is 12.4. The number of urea groups is 1. The molecule has 1 saturated heterocycles. The van der Waals surface area contributed by atoms with Gasteiger partial charge in [-0.05, 0) is 49.5 Å². The first kappa shape index (κ1) is 18.3. The van der Waals surface area contributed by atoms with Gasteiger partial charge in [0, 0.05) is 18.7 Å².